The zero-order valence-electron chi connectivity index (χ0n) is 14.5. The minimum Gasteiger partial charge on any atom is -0.381 e. The number of guanidine groups is 1. The van der Waals surface area contributed by atoms with Gasteiger partial charge >= 0.3 is 6.18 Å². The topological polar surface area (TPSA) is 45.7 Å². The number of aliphatic imine (C=N–C) groups is 1. The molecule has 0 bridgehead atoms. The van der Waals surface area contributed by atoms with Crippen LogP contribution in [-0.2, 0) is 10.2 Å². The second-order valence-electron chi connectivity index (χ2n) is 6.12. The molecule has 2 N–H and O–H groups in total. The van der Waals surface area contributed by atoms with Gasteiger partial charge < -0.3 is 15.4 Å². The molecular weight excluding hydrogens is 465 g/mol. The molecule has 1 aromatic rings. The van der Waals surface area contributed by atoms with Gasteiger partial charge in [0, 0.05) is 38.8 Å². The van der Waals surface area contributed by atoms with Crippen molar-refractivity contribution in [3.63, 3.8) is 0 Å². The van der Waals surface area contributed by atoms with Crippen molar-refractivity contribution in [3.05, 3.63) is 35.6 Å². The molecule has 4 nitrogen and oxygen atoms in total. The van der Waals surface area contributed by atoms with Crippen molar-refractivity contribution in [1.82, 2.24) is 10.6 Å². The summed E-state index contributed by atoms with van der Waals surface area (Å²) >= 11 is 0. The van der Waals surface area contributed by atoms with Crippen LogP contribution in [0.5, 0.6) is 0 Å². The van der Waals surface area contributed by atoms with Crippen molar-refractivity contribution in [2.75, 3.05) is 33.4 Å². The average Bonchev–Trinajstić information content (AvgIpc) is 2.58. The molecule has 26 heavy (non-hydrogen) atoms. The van der Waals surface area contributed by atoms with E-state index in [0.717, 1.165) is 5.56 Å². The van der Waals surface area contributed by atoms with Gasteiger partial charge in [-0.05, 0) is 30.5 Å². The molecule has 1 saturated heterocycles. The summed E-state index contributed by atoms with van der Waals surface area (Å²) in [6, 6.07) is 6.43. The van der Waals surface area contributed by atoms with Crippen LogP contribution in [0.2, 0.25) is 0 Å². The molecule has 1 aliphatic rings. The van der Waals surface area contributed by atoms with E-state index in [1.165, 1.54) is 19.2 Å². The maximum Gasteiger partial charge on any atom is 0.390 e. The van der Waals surface area contributed by atoms with Crippen molar-refractivity contribution in [3.8, 4) is 0 Å². The normalized spacial score (nSPS) is 17.3. The highest BCUT2D eigenvalue weighted by molar-refractivity contribution is 14.0. The zero-order chi connectivity index (χ0) is 18.3. The Bertz CT molecular complexity index is 590. The van der Waals surface area contributed by atoms with Gasteiger partial charge in [0.05, 0.1) is 6.42 Å². The molecule has 0 aliphatic carbocycles. The first kappa shape index (κ1) is 22.9. The van der Waals surface area contributed by atoms with Crippen LogP contribution in [0.4, 0.5) is 17.6 Å². The van der Waals surface area contributed by atoms with Crippen molar-refractivity contribution < 1.29 is 22.3 Å². The summed E-state index contributed by atoms with van der Waals surface area (Å²) in [6.45, 7) is 1.29. The lowest BCUT2D eigenvalue weighted by Gasteiger charge is -2.38. The van der Waals surface area contributed by atoms with Gasteiger partial charge in [-0.15, -0.1) is 24.0 Å². The number of alkyl halides is 3. The van der Waals surface area contributed by atoms with Crippen LogP contribution in [0.3, 0.4) is 0 Å². The predicted octanol–water partition coefficient (Wildman–Crippen LogP) is 3.61. The molecule has 1 aliphatic heterocycles. The molecule has 0 aromatic heterocycles. The third-order valence-electron chi connectivity index (χ3n) is 4.41. The van der Waals surface area contributed by atoms with Gasteiger partial charge in [0.1, 0.15) is 5.82 Å². The van der Waals surface area contributed by atoms with E-state index in [4.69, 9.17) is 4.74 Å². The fraction of sp³-hybridized carbons (Fsp3) is 0.588. The van der Waals surface area contributed by atoms with E-state index in [1.54, 1.807) is 6.07 Å². The Hall–Kier alpha value is -1.10. The Morgan fingerprint density at radius 2 is 1.92 bits per heavy atom. The van der Waals surface area contributed by atoms with E-state index >= 15 is 0 Å². The van der Waals surface area contributed by atoms with Gasteiger partial charge in [-0.1, -0.05) is 12.1 Å². The summed E-state index contributed by atoms with van der Waals surface area (Å²) < 4.78 is 55.8. The summed E-state index contributed by atoms with van der Waals surface area (Å²) in [7, 11) is 1.50. The van der Waals surface area contributed by atoms with Crippen LogP contribution in [0, 0.1) is 5.82 Å². The van der Waals surface area contributed by atoms with Crippen molar-refractivity contribution in [1.29, 1.82) is 0 Å². The quantitative estimate of drug-likeness (QED) is 0.288. The molecule has 2 rings (SSSR count). The van der Waals surface area contributed by atoms with Crippen molar-refractivity contribution >= 4 is 29.9 Å². The molecule has 1 heterocycles. The SMILES string of the molecule is CN=C(NCCC(F)(F)F)NCC1(c2cccc(F)c2)CCOCC1.I. The van der Waals surface area contributed by atoms with E-state index < -0.39 is 12.6 Å². The Morgan fingerprint density at radius 1 is 1.23 bits per heavy atom. The first-order valence-corrected chi connectivity index (χ1v) is 8.20. The third kappa shape index (κ3) is 6.90. The molecule has 148 valence electrons. The summed E-state index contributed by atoms with van der Waals surface area (Å²) in [5.41, 5.74) is 0.510. The Balaban J connectivity index is 0.00000338. The van der Waals surface area contributed by atoms with Gasteiger partial charge in [-0.25, -0.2) is 4.39 Å². The first-order valence-electron chi connectivity index (χ1n) is 8.20. The molecule has 0 amide bonds. The molecule has 0 radical (unpaired) electrons. The smallest absolute Gasteiger partial charge is 0.381 e. The fourth-order valence-corrected chi connectivity index (χ4v) is 2.94. The molecule has 0 unspecified atom stereocenters. The highest BCUT2D eigenvalue weighted by Crippen LogP contribution is 2.34. The van der Waals surface area contributed by atoms with Crippen LogP contribution in [0.1, 0.15) is 24.8 Å². The highest BCUT2D eigenvalue weighted by atomic mass is 127. The van der Waals surface area contributed by atoms with Crippen molar-refractivity contribution in [2.24, 2.45) is 4.99 Å². The zero-order valence-corrected chi connectivity index (χ0v) is 16.9. The van der Waals surface area contributed by atoms with Gasteiger partial charge in [-0.2, -0.15) is 13.2 Å². The van der Waals surface area contributed by atoms with Gasteiger partial charge in [0.25, 0.3) is 0 Å². The maximum atomic E-state index is 13.6. The lowest BCUT2D eigenvalue weighted by atomic mass is 9.74. The lowest BCUT2D eigenvalue weighted by Crippen LogP contribution is -2.48. The largest absolute Gasteiger partial charge is 0.390 e. The second-order valence-corrected chi connectivity index (χ2v) is 6.12. The van der Waals surface area contributed by atoms with E-state index in [0.29, 0.717) is 38.6 Å². The standard InChI is InChI=1S/C17H23F4N3O.HI/c1-22-15(23-8-5-17(19,20)21)24-12-16(6-9-25-10-7-16)13-3-2-4-14(18)11-13;/h2-4,11H,5-10,12H2,1H3,(H2,22,23,24);1H. The molecule has 1 fully saturated rings. The molecule has 9 heteroatoms. The number of halogens is 5. The molecule has 0 spiro atoms. The van der Waals surface area contributed by atoms with Crippen LogP contribution in [0.25, 0.3) is 0 Å². The van der Waals surface area contributed by atoms with E-state index in [9.17, 15) is 17.6 Å². The lowest BCUT2D eigenvalue weighted by molar-refractivity contribution is -0.132. The summed E-state index contributed by atoms with van der Waals surface area (Å²) in [5, 5.41) is 5.74. The van der Waals surface area contributed by atoms with Crippen LogP contribution < -0.4 is 10.6 Å². The van der Waals surface area contributed by atoms with Gasteiger partial charge in [-0.3, -0.25) is 4.99 Å². The van der Waals surface area contributed by atoms with Crippen LogP contribution in [-0.4, -0.2) is 45.5 Å². The Kier molecular flexibility index (Phi) is 9.08. The molecule has 0 atom stereocenters. The number of rotatable bonds is 5. The second kappa shape index (κ2) is 10.3. The molecule has 0 saturated carbocycles. The van der Waals surface area contributed by atoms with Gasteiger partial charge in [0.2, 0.25) is 0 Å². The first-order chi connectivity index (χ1) is 11.8. The number of nitrogens with zero attached hydrogens (tertiary/aromatic N) is 1. The molecule has 1 aromatic carbocycles. The van der Waals surface area contributed by atoms with E-state index in [-0.39, 0.29) is 41.8 Å². The number of benzene rings is 1. The number of nitrogens with one attached hydrogen (secondary N) is 2. The van der Waals surface area contributed by atoms with Crippen LogP contribution in [0.15, 0.2) is 29.3 Å². The monoisotopic (exact) mass is 489 g/mol. The minimum atomic E-state index is -4.21. The Morgan fingerprint density at radius 3 is 2.50 bits per heavy atom. The van der Waals surface area contributed by atoms with Crippen molar-refractivity contribution in [2.45, 2.75) is 30.9 Å². The van der Waals surface area contributed by atoms with Gasteiger partial charge in [0.15, 0.2) is 5.96 Å². The highest BCUT2D eigenvalue weighted by Gasteiger charge is 2.35. The minimum absolute atomic E-state index is 0. The average molecular weight is 489 g/mol. The summed E-state index contributed by atoms with van der Waals surface area (Å²) in [6.07, 6.45) is -3.75. The summed E-state index contributed by atoms with van der Waals surface area (Å²) in [4.78, 5) is 3.96. The fourth-order valence-electron chi connectivity index (χ4n) is 2.94. The van der Waals surface area contributed by atoms with E-state index in [1.807, 2.05) is 6.07 Å². The number of hydrogen-bond acceptors (Lipinski definition) is 2. The maximum absolute atomic E-state index is 13.6. The van der Waals surface area contributed by atoms with E-state index in [2.05, 4.69) is 15.6 Å². The Labute approximate surface area is 167 Å². The third-order valence-corrected chi connectivity index (χ3v) is 4.41. The summed E-state index contributed by atoms with van der Waals surface area (Å²) in [5.74, 6) is -0.0115. The molecular formula is C17H24F4IN3O. The van der Waals surface area contributed by atoms with Crippen LogP contribution >= 0.6 is 24.0 Å². The predicted molar refractivity (Wildman–Crippen MR) is 104 cm³/mol. The number of hydrogen-bond donors (Lipinski definition) is 2. The number of ether oxygens (including phenoxy) is 1.